The number of nitrogens with zero attached hydrogens (tertiary/aromatic N) is 4. The molecule has 2 aromatic heterocycles. The van der Waals surface area contributed by atoms with Gasteiger partial charge >= 0.3 is 0 Å². The zero-order chi connectivity index (χ0) is 26.8. The summed E-state index contributed by atoms with van der Waals surface area (Å²) in [7, 11) is 2.13. The van der Waals surface area contributed by atoms with E-state index in [0.717, 1.165) is 66.3 Å². The molecule has 9 nitrogen and oxygen atoms in total. The molecule has 0 aliphatic carbocycles. The van der Waals surface area contributed by atoms with Gasteiger partial charge in [-0.3, -0.25) is 14.9 Å². The summed E-state index contributed by atoms with van der Waals surface area (Å²) < 4.78 is 5.88. The Hall–Kier alpha value is -4.24. The highest BCUT2D eigenvalue weighted by atomic mass is 16.5. The molecule has 0 radical (unpaired) electrons. The number of piperidine rings is 1. The zero-order valence-electron chi connectivity index (χ0n) is 22.3. The fourth-order valence-electron chi connectivity index (χ4n) is 5.51. The van der Waals surface area contributed by atoms with Crippen molar-refractivity contribution in [3.8, 4) is 17.1 Å². The molecular formula is C30H33N7O2. The average Bonchev–Trinajstić information content (AvgIpc) is 3.47. The first-order valence-electron chi connectivity index (χ1n) is 13.4. The van der Waals surface area contributed by atoms with Crippen LogP contribution in [0.5, 0.6) is 5.75 Å². The lowest BCUT2D eigenvalue weighted by Crippen LogP contribution is -2.46. The van der Waals surface area contributed by atoms with Crippen molar-refractivity contribution in [2.45, 2.75) is 37.8 Å². The molecule has 0 bridgehead atoms. The second-order valence-electron chi connectivity index (χ2n) is 10.5. The number of carbonyl (C=O) groups is 1. The van der Waals surface area contributed by atoms with E-state index in [1.807, 2.05) is 61.5 Å². The molecule has 6 rings (SSSR count). The van der Waals surface area contributed by atoms with Crippen molar-refractivity contribution < 1.29 is 9.53 Å². The number of pyridine rings is 1. The number of aromatic amines is 1. The predicted molar refractivity (Wildman–Crippen MR) is 150 cm³/mol. The third-order valence-corrected chi connectivity index (χ3v) is 7.80. The standard InChI is InChI=1S/C30H33N7O2/c1-20-5-3-8-24-25(11-18-39-26(20)24)32-28(38)22-6-4-7-23(19-22)34-30(12-16-37(2)17-13-30)29-33-27(35-36-29)21-9-14-31-15-10-21/h3-10,14-15,19,25,34H,11-13,16-18H2,1-2H3,(H,32,38)(H,33,35,36)/t25-/m0/s1. The number of nitrogens with one attached hydrogen (secondary N) is 3. The van der Waals surface area contributed by atoms with Crippen LogP contribution in [0.4, 0.5) is 5.69 Å². The number of H-pyrrole nitrogens is 1. The molecule has 200 valence electrons. The second-order valence-corrected chi connectivity index (χ2v) is 10.5. The van der Waals surface area contributed by atoms with Crippen molar-refractivity contribution in [3.05, 3.63) is 89.5 Å². The summed E-state index contributed by atoms with van der Waals surface area (Å²) in [6.45, 7) is 4.45. The number of fused-ring (bicyclic) bond motifs is 1. The number of aryl methyl sites for hydroxylation is 1. The number of rotatable bonds is 6. The molecule has 1 amide bonds. The number of hydrogen-bond donors (Lipinski definition) is 3. The number of ether oxygens (including phenoxy) is 1. The van der Waals surface area contributed by atoms with E-state index in [2.05, 4.69) is 37.8 Å². The maximum atomic E-state index is 13.4. The first-order chi connectivity index (χ1) is 19.0. The van der Waals surface area contributed by atoms with Gasteiger partial charge in [-0.25, -0.2) is 4.98 Å². The Morgan fingerprint density at radius 1 is 1.10 bits per heavy atom. The monoisotopic (exact) mass is 523 g/mol. The van der Waals surface area contributed by atoms with E-state index in [1.54, 1.807) is 12.4 Å². The number of para-hydroxylation sites is 1. The largest absolute Gasteiger partial charge is 0.493 e. The minimum absolute atomic E-state index is 0.0845. The topological polar surface area (TPSA) is 108 Å². The SMILES string of the molecule is Cc1cccc2c1OCC[C@@H]2NC(=O)c1cccc(NC2(c3nc(-c4ccncc4)n[nH]3)CCN(C)CC2)c1. The fraction of sp³-hybridized carbons (Fsp3) is 0.333. The predicted octanol–water partition coefficient (Wildman–Crippen LogP) is 4.46. The Labute approximate surface area is 228 Å². The van der Waals surface area contributed by atoms with E-state index in [-0.39, 0.29) is 11.9 Å². The van der Waals surface area contributed by atoms with Gasteiger partial charge < -0.3 is 20.3 Å². The lowest BCUT2D eigenvalue weighted by Gasteiger charge is -2.40. The molecule has 1 saturated heterocycles. The highest BCUT2D eigenvalue weighted by Gasteiger charge is 2.39. The van der Waals surface area contributed by atoms with Gasteiger partial charge in [-0.15, -0.1) is 0 Å². The molecule has 2 aliphatic rings. The number of aromatic nitrogens is 4. The van der Waals surface area contributed by atoms with Crippen LogP contribution in [0.3, 0.4) is 0 Å². The summed E-state index contributed by atoms with van der Waals surface area (Å²) in [4.78, 5) is 24.7. The number of benzene rings is 2. The molecule has 1 atom stereocenters. The Morgan fingerprint density at radius 3 is 2.72 bits per heavy atom. The van der Waals surface area contributed by atoms with Crippen molar-refractivity contribution >= 4 is 11.6 Å². The minimum Gasteiger partial charge on any atom is -0.493 e. The lowest BCUT2D eigenvalue weighted by atomic mass is 9.86. The van der Waals surface area contributed by atoms with Crippen molar-refractivity contribution in [1.29, 1.82) is 0 Å². The van der Waals surface area contributed by atoms with Gasteiger partial charge in [0, 0.05) is 54.3 Å². The minimum atomic E-state index is -0.433. The van der Waals surface area contributed by atoms with Crippen LogP contribution in [0.1, 0.15) is 52.6 Å². The zero-order valence-corrected chi connectivity index (χ0v) is 22.3. The Balaban J connectivity index is 1.24. The fourth-order valence-corrected chi connectivity index (χ4v) is 5.51. The van der Waals surface area contributed by atoms with Crippen LogP contribution in [0, 0.1) is 6.92 Å². The maximum Gasteiger partial charge on any atom is 0.251 e. The van der Waals surface area contributed by atoms with Crippen molar-refractivity contribution in [3.63, 3.8) is 0 Å². The third-order valence-electron chi connectivity index (χ3n) is 7.80. The molecule has 2 aromatic carbocycles. The van der Waals surface area contributed by atoms with Gasteiger partial charge in [0.05, 0.1) is 18.2 Å². The summed E-state index contributed by atoms with van der Waals surface area (Å²) in [5.74, 6) is 2.22. The second kappa shape index (κ2) is 10.5. The number of amides is 1. The molecule has 9 heteroatoms. The Morgan fingerprint density at radius 2 is 1.90 bits per heavy atom. The highest BCUT2D eigenvalue weighted by molar-refractivity contribution is 5.95. The summed E-state index contributed by atoms with van der Waals surface area (Å²) in [6.07, 6.45) is 5.92. The van der Waals surface area contributed by atoms with Crippen LogP contribution >= 0.6 is 0 Å². The molecule has 0 unspecified atom stereocenters. The molecule has 0 spiro atoms. The number of carbonyl (C=O) groups excluding carboxylic acids is 1. The van der Waals surface area contributed by atoms with Crippen molar-refractivity contribution in [1.82, 2.24) is 30.4 Å². The summed E-state index contributed by atoms with van der Waals surface area (Å²) >= 11 is 0. The molecule has 1 fully saturated rings. The van der Waals surface area contributed by atoms with Crippen LogP contribution < -0.4 is 15.4 Å². The van der Waals surface area contributed by atoms with Gasteiger partial charge in [0.15, 0.2) is 11.6 Å². The Bertz CT molecular complexity index is 1460. The van der Waals surface area contributed by atoms with Crippen LogP contribution in [0.2, 0.25) is 0 Å². The van der Waals surface area contributed by atoms with E-state index in [4.69, 9.17) is 9.72 Å². The molecule has 3 N–H and O–H groups in total. The van der Waals surface area contributed by atoms with Crippen LogP contribution in [0.25, 0.3) is 11.4 Å². The molecule has 2 aliphatic heterocycles. The van der Waals surface area contributed by atoms with Crippen LogP contribution in [-0.4, -0.2) is 57.7 Å². The molecule has 0 saturated carbocycles. The van der Waals surface area contributed by atoms with Crippen molar-refractivity contribution in [2.75, 3.05) is 32.1 Å². The van der Waals surface area contributed by atoms with Gasteiger partial charge in [0.2, 0.25) is 0 Å². The van der Waals surface area contributed by atoms with E-state index in [1.165, 1.54) is 0 Å². The number of anilines is 1. The van der Waals surface area contributed by atoms with E-state index in [9.17, 15) is 4.79 Å². The van der Waals surface area contributed by atoms with Crippen LogP contribution in [0.15, 0.2) is 67.0 Å². The summed E-state index contributed by atoms with van der Waals surface area (Å²) in [5, 5.41) is 14.7. The quantitative estimate of drug-likeness (QED) is 0.342. The van der Waals surface area contributed by atoms with E-state index in [0.29, 0.717) is 18.0 Å². The average molecular weight is 524 g/mol. The highest BCUT2D eigenvalue weighted by Crippen LogP contribution is 2.36. The summed E-state index contributed by atoms with van der Waals surface area (Å²) in [6, 6.07) is 17.5. The maximum absolute atomic E-state index is 13.4. The first-order valence-corrected chi connectivity index (χ1v) is 13.4. The molecule has 39 heavy (non-hydrogen) atoms. The number of likely N-dealkylation sites (tertiary alicyclic amines) is 1. The van der Waals surface area contributed by atoms with E-state index >= 15 is 0 Å². The van der Waals surface area contributed by atoms with Gasteiger partial charge in [-0.05, 0) is 62.7 Å². The van der Waals surface area contributed by atoms with Gasteiger partial charge in [-0.2, -0.15) is 5.10 Å². The smallest absolute Gasteiger partial charge is 0.251 e. The van der Waals surface area contributed by atoms with E-state index < -0.39 is 5.54 Å². The third kappa shape index (κ3) is 5.09. The normalized spacial score (nSPS) is 18.6. The molecule has 4 heterocycles. The van der Waals surface area contributed by atoms with Crippen LogP contribution in [-0.2, 0) is 5.54 Å². The van der Waals surface area contributed by atoms with Gasteiger partial charge in [0.1, 0.15) is 5.75 Å². The molecular weight excluding hydrogens is 490 g/mol. The summed E-state index contributed by atoms with van der Waals surface area (Å²) in [5.41, 5.74) is 4.08. The van der Waals surface area contributed by atoms with Crippen molar-refractivity contribution in [2.24, 2.45) is 0 Å². The Kier molecular flexibility index (Phi) is 6.74. The first kappa shape index (κ1) is 25.1. The van der Waals surface area contributed by atoms with Gasteiger partial charge in [0.25, 0.3) is 5.91 Å². The van der Waals surface area contributed by atoms with Gasteiger partial charge in [-0.1, -0.05) is 24.3 Å². The molecule has 4 aromatic rings. The number of hydrogen-bond acceptors (Lipinski definition) is 7. The lowest BCUT2D eigenvalue weighted by molar-refractivity contribution is 0.0924.